The maximum Gasteiger partial charge on any atom is 0.164 e. The minimum Gasteiger partial charge on any atom is -0.456 e. The third kappa shape index (κ3) is 5.57. The molecule has 306 valence electrons. The van der Waals surface area contributed by atoms with E-state index in [4.69, 9.17) is 19.4 Å². The molecule has 0 aliphatic rings. The normalized spacial score (nSPS) is 11.9. The van der Waals surface area contributed by atoms with Crippen molar-refractivity contribution in [2.45, 2.75) is 0 Å². The highest BCUT2D eigenvalue weighted by atomic mass is 16.3. The van der Waals surface area contributed by atoms with Crippen LogP contribution in [0.1, 0.15) is 0 Å². The largest absolute Gasteiger partial charge is 0.456 e. The molecule has 0 spiro atoms. The van der Waals surface area contributed by atoms with Gasteiger partial charge in [-0.2, -0.15) is 0 Å². The Kier molecular flexibility index (Phi) is 7.91. The highest BCUT2D eigenvalue weighted by Gasteiger charge is 2.23. The lowest BCUT2D eigenvalue weighted by Crippen LogP contribution is -2.02. The molecular formula is C61H36N4O. The summed E-state index contributed by atoms with van der Waals surface area (Å²) in [5, 5.41) is 13.9. The summed E-state index contributed by atoms with van der Waals surface area (Å²) < 4.78 is 9.14. The van der Waals surface area contributed by atoms with Gasteiger partial charge in [-0.1, -0.05) is 170 Å². The predicted octanol–water partition coefficient (Wildman–Crippen LogP) is 16.1. The molecule has 14 aromatic rings. The van der Waals surface area contributed by atoms with E-state index in [9.17, 15) is 0 Å². The topological polar surface area (TPSA) is 56.7 Å². The molecule has 0 aliphatic carbocycles. The number of aromatic nitrogens is 4. The summed E-state index contributed by atoms with van der Waals surface area (Å²) in [6.07, 6.45) is 0. The molecule has 0 atom stereocenters. The second-order valence-corrected chi connectivity index (χ2v) is 17.1. The molecule has 3 aromatic heterocycles. The first-order chi connectivity index (χ1) is 32.7. The Morgan fingerprint density at radius 3 is 1.77 bits per heavy atom. The minimum absolute atomic E-state index is 0.590. The fraction of sp³-hybridized carbons (Fsp3) is 0. The second kappa shape index (κ2) is 14.3. The molecule has 11 aromatic carbocycles. The van der Waals surface area contributed by atoms with Crippen molar-refractivity contribution in [1.29, 1.82) is 0 Å². The Balaban J connectivity index is 1.08. The standard InChI is InChI=1S/C61H36N4O/c1-2-16-39(17-3-1)59-62-60(64-61(63-59)49-25-12-23-45-43-20-8-6-14-37(43)28-31-46(45)49)42-29-32-53(65-52-26-11-10-22-47(52)50-34-40-18-4-5-19-41(40)36-54(50)65)51(35-42)48-24-13-27-55-58(48)57-44-21-9-7-15-38(44)30-33-56(57)66-55/h1-36H. The molecular weight excluding hydrogens is 805 g/mol. The van der Waals surface area contributed by atoms with Gasteiger partial charge in [-0.15, -0.1) is 0 Å². The average molecular weight is 841 g/mol. The summed E-state index contributed by atoms with van der Waals surface area (Å²) in [5.41, 5.74) is 9.84. The third-order valence-corrected chi connectivity index (χ3v) is 13.4. The molecule has 0 bridgehead atoms. The van der Waals surface area contributed by atoms with Crippen LogP contribution in [0.3, 0.4) is 0 Å². The maximum absolute atomic E-state index is 6.71. The van der Waals surface area contributed by atoms with Crippen LogP contribution >= 0.6 is 0 Å². The van der Waals surface area contributed by atoms with Crippen molar-refractivity contribution < 1.29 is 4.42 Å². The number of hydrogen-bond donors (Lipinski definition) is 0. The van der Waals surface area contributed by atoms with Crippen molar-refractivity contribution in [3.05, 3.63) is 218 Å². The van der Waals surface area contributed by atoms with Gasteiger partial charge in [-0.25, -0.2) is 15.0 Å². The van der Waals surface area contributed by atoms with E-state index in [1.165, 1.54) is 37.7 Å². The van der Waals surface area contributed by atoms with E-state index in [-0.39, 0.29) is 0 Å². The van der Waals surface area contributed by atoms with E-state index in [1.54, 1.807) is 0 Å². The molecule has 0 fully saturated rings. The van der Waals surface area contributed by atoms with Crippen LogP contribution in [0.2, 0.25) is 0 Å². The van der Waals surface area contributed by atoms with Gasteiger partial charge in [0, 0.05) is 43.8 Å². The van der Waals surface area contributed by atoms with E-state index < -0.39 is 0 Å². The van der Waals surface area contributed by atoms with E-state index in [2.05, 4.69) is 205 Å². The number of para-hydroxylation sites is 1. The molecule has 0 saturated heterocycles. The van der Waals surface area contributed by atoms with Crippen molar-refractivity contribution in [2.75, 3.05) is 0 Å². The van der Waals surface area contributed by atoms with Crippen molar-refractivity contribution in [3.8, 4) is 51.0 Å². The molecule has 3 heterocycles. The van der Waals surface area contributed by atoms with Gasteiger partial charge >= 0.3 is 0 Å². The summed E-state index contributed by atoms with van der Waals surface area (Å²) in [5.74, 6) is 1.82. The van der Waals surface area contributed by atoms with E-state index in [0.717, 1.165) is 82.6 Å². The van der Waals surface area contributed by atoms with Crippen molar-refractivity contribution in [2.24, 2.45) is 0 Å². The molecule has 0 saturated carbocycles. The number of furan rings is 1. The lowest BCUT2D eigenvalue weighted by atomic mass is 9.94. The molecule has 0 N–H and O–H groups in total. The molecule has 66 heavy (non-hydrogen) atoms. The smallest absolute Gasteiger partial charge is 0.164 e. The van der Waals surface area contributed by atoms with E-state index in [0.29, 0.717) is 17.5 Å². The molecule has 0 radical (unpaired) electrons. The summed E-state index contributed by atoms with van der Waals surface area (Å²) in [7, 11) is 0. The molecule has 0 unspecified atom stereocenters. The van der Waals surface area contributed by atoms with Gasteiger partial charge in [0.05, 0.1) is 16.7 Å². The van der Waals surface area contributed by atoms with Crippen LogP contribution in [-0.4, -0.2) is 19.5 Å². The SMILES string of the molecule is c1ccc(-c2nc(-c3ccc(-n4c5ccccc5c5cc6ccccc6cc54)c(-c4cccc5oc6ccc7ccccc7c6c45)c3)nc(-c3cccc4c3ccc3ccccc34)n2)cc1. The van der Waals surface area contributed by atoms with Gasteiger partial charge in [-0.3, -0.25) is 0 Å². The Hall–Kier alpha value is -8.93. The molecule has 0 amide bonds. The van der Waals surface area contributed by atoms with Crippen molar-refractivity contribution in [3.63, 3.8) is 0 Å². The second-order valence-electron chi connectivity index (χ2n) is 17.1. The lowest BCUT2D eigenvalue weighted by molar-refractivity contribution is 0.669. The Labute approximate surface area is 378 Å². The fourth-order valence-electron chi connectivity index (χ4n) is 10.4. The highest BCUT2D eigenvalue weighted by Crippen LogP contribution is 2.45. The number of benzene rings is 11. The molecule has 5 nitrogen and oxygen atoms in total. The van der Waals surface area contributed by atoms with Crippen LogP contribution < -0.4 is 0 Å². The number of hydrogen-bond acceptors (Lipinski definition) is 4. The quantitative estimate of drug-likeness (QED) is 0.162. The third-order valence-electron chi connectivity index (χ3n) is 13.4. The van der Waals surface area contributed by atoms with E-state index >= 15 is 0 Å². The zero-order valence-corrected chi connectivity index (χ0v) is 35.5. The number of fused-ring (bicyclic) bond motifs is 12. The van der Waals surface area contributed by atoms with Crippen molar-refractivity contribution >= 4 is 86.8 Å². The predicted molar refractivity (Wildman–Crippen MR) is 273 cm³/mol. The van der Waals surface area contributed by atoms with Gasteiger partial charge in [0.25, 0.3) is 0 Å². The lowest BCUT2D eigenvalue weighted by Gasteiger charge is -2.17. The van der Waals surface area contributed by atoms with Gasteiger partial charge < -0.3 is 8.98 Å². The maximum atomic E-state index is 6.71. The van der Waals surface area contributed by atoms with Crippen LogP contribution in [0.5, 0.6) is 0 Å². The van der Waals surface area contributed by atoms with Gasteiger partial charge in [-0.05, 0) is 97.2 Å². The van der Waals surface area contributed by atoms with Crippen LogP contribution in [0.4, 0.5) is 0 Å². The Morgan fingerprint density at radius 2 is 0.924 bits per heavy atom. The Morgan fingerprint density at radius 1 is 0.303 bits per heavy atom. The zero-order valence-electron chi connectivity index (χ0n) is 35.5. The van der Waals surface area contributed by atoms with Crippen LogP contribution in [0.15, 0.2) is 223 Å². The fourth-order valence-corrected chi connectivity index (χ4v) is 10.4. The van der Waals surface area contributed by atoms with Gasteiger partial charge in [0.15, 0.2) is 17.5 Å². The van der Waals surface area contributed by atoms with Crippen LogP contribution in [0.25, 0.3) is 138 Å². The number of rotatable bonds is 5. The van der Waals surface area contributed by atoms with Crippen LogP contribution in [0, 0.1) is 0 Å². The first kappa shape index (κ1) is 36.5. The Bertz CT molecular complexity index is 4300. The monoisotopic (exact) mass is 840 g/mol. The highest BCUT2D eigenvalue weighted by molar-refractivity contribution is 6.23. The van der Waals surface area contributed by atoms with Crippen molar-refractivity contribution in [1.82, 2.24) is 19.5 Å². The minimum atomic E-state index is 0.590. The first-order valence-corrected chi connectivity index (χ1v) is 22.3. The average Bonchev–Trinajstić information content (AvgIpc) is 3.93. The van der Waals surface area contributed by atoms with Gasteiger partial charge in [0.2, 0.25) is 0 Å². The zero-order chi connectivity index (χ0) is 43.3. The molecule has 5 heteroatoms. The van der Waals surface area contributed by atoms with Crippen LogP contribution in [-0.2, 0) is 0 Å². The summed E-state index contributed by atoms with van der Waals surface area (Å²) in [6, 6.07) is 77.5. The van der Waals surface area contributed by atoms with Gasteiger partial charge in [0.1, 0.15) is 11.2 Å². The summed E-state index contributed by atoms with van der Waals surface area (Å²) in [6.45, 7) is 0. The summed E-state index contributed by atoms with van der Waals surface area (Å²) >= 11 is 0. The first-order valence-electron chi connectivity index (χ1n) is 22.3. The van der Waals surface area contributed by atoms with E-state index in [1.807, 2.05) is 18.2 Å². The molecule has 14 rings (SSSR count). The summed E-state index contributed by atoms with van der Waals surface area (Å²) in [4.78, 5) is 15.9. The molecule has 0 aliphatic heterocycles. The number of nitrogens with zero attached hydrogens (tertiary/aromatic N) is 4.